The molecule has 2 aliphatic heterocycles. The Morgan fingerprint density at radius 3 is 2.49 bits per heavy atom. The van der Waals surface area contributed by atoms with E-state index >= 15 is 0 Å². The lowest BCUT2D eigenvalue weighted by Crippen LogP contribution is -2.51. The van der Waals surface area contributed by atoms with Crippen LogP contribution in [-0.4, -0.2) is 78.8 Å². The number of rotatable bonds is 5. The molecule has 0 atom stereocenters. The first-order valence-electron chi connectivity index (χ1n) is 11.3. The van der Waals surface area contributed by atoms with E-state index in [-0.39, 0.29) is 35.7 Å². The number of amides is 1. The van der Waals surface area contributed by atoms with Crippen molar-refractivity contribution in [3.8, 4) is 5.75 Å². The maximum atomic E-state index is 13.6. The first-order valence-corrected chi connectivity index (χ1v) is 12.7. The number of pyridine rings is 1. The number of anilines is 1. The van der Waals surface area contributed by atoms with Gasteiger partial charge in [-0.2, -0.15) is 12.7 Å². The lowest BCUT2D eigenvalue weighted by atomic mass is 10.0. The largest absolute Gasteiger partial charge is 0.505 e. The molecule has 2 aliphatic rings. The Hall–Kier alpha value is -3.28. The number of nitrogens with zero attached hydrogens (tertiary/aromatic N) is 5. The van der Waals surface area contributed by atoms with Gasteiger partial charge in [-0.25, -0.2) is 4.39 Å². The molecule has 35 heavy (non-hydrogen) atoms. The van der Waals surface area contributed by atoms with Gasteiger partial charge < -0.3 is 14.9 Å². The quantitative estimate of drug-likeness (QED) is 0.578. The van der Waals surface area contributed by atoms with Gasteiger partial charge in [0.2, 0.25) is 0 Å². The molecule has 0 bridgehead atoms. The van der Waals surface area contributed by atoms with E-state index in [0.717, 1.165) is 5.56 Å². The number of hydrogen-bond donors (Lipinski definition) is 1. The van der Waals surface area contributed by atoms with Crippen molar-refractivity contribution in [3.05, 3.63) is 65.1 Å². The van der Waals surface area contributed by atoms with Crippen LogP contribution in [0.3, 0.4) is 0 Å². The molecule has 2 aromatic carbocycles. The summed E-state index contributed by atoms with van der Waals surface area (Å²) in [4.78, 5) is 21.2. The number of hydrogen-bond acceptors (Lipinski definition) is 6. The van der Waals surface area contributed by atoms with E-state index in [0.29, 0.717) is 42.8 Å². The third-order valence-electron chi connectivity index (χ3n) is 6.70. The monoisotopic (exact) mass is 499 g/mol. The number of aromatic hydroxyl groups is 1. The van der Waals surface area contributed by atoms with Crippen molar-refractivity contribution in [2.24, 2.45) is 0 Å². The molecule has 0 radical (unpaired) electrons. The van der Waals surface area contributed by atoms with Crippen LogP contribution in [0.25, 0.3) is 10.9 Å². The van der Waals surface area contributed by atoms with Crippen LogP contribution in [0.4, 0.5) is 10.1 Å². The van der Waals surface area contributed by atoms with Gasteiger partial charge in [-0.1, -0.05) is 12.1 Å². The van der Waals surface area contributed by atoms with Gasteiger partial charge in [0.25, 0.3) is 5.91 Å². The fourth-order valence-corrected chi connectivity index (χ4v) is 6.15. The Bertz CT molecular complexity index is 1410. The molecule has 1 aromatic heterocycles. The van der Waals surface area contributed by atoms with E-state index in [1.807, 2.05) is 7.05 Å². The summed E-state index contributed by atoms with van der Waals surface area (Å²) in [6.45, 7) is 2.23. The standard InChI is InChI=1S/C24H26FN5O4S/c1-27-10-12-30(13-11-27)35(33,34)28(2)22-18-4-3-9-26-21(18)23(31)20-19(22)15-29(24(20)32)14-16-5-7-17(25)8-6-16/h3-9,31H,10-15H2,1-2H3. The molecule has 3 aromatic rings. The minimum absolute atomic E-state index is 0.0498. The van der Waals surface area contributed by atoms with Gasteiger partial charge in [-0.3, -0.25) is 14.1 Å². The van der Waals surface area contributed by atoms with Crippen LogP contribution in [0.1, 0.15) is 21.5 Å². The highest BCUT2D eigenvalue weighted by molar-refractivity contribution is 7.90. The molecular weight excluding hydrogens is 473 g/mol. The summed E-state index contributed by atoms with van der Waals surface area (Å²) in [6, 6.07) is 9.19. The van der Waals surface area contributed by atoms with Crippen molar-refractivity contribution in [3.63, 3.8) is 0 Å². The maximum Gasteiger partial charge on any atom is 0.303 e. The number of fused-ring (bicyclic) bond motifs is 2. The number of carbonyl (C=O) groups excluding carboxylic acids is 1. The van der Waals surface area contributed by atoms with Crippen LogP contribution < -0.4 is 4.31 Å². The van der Waals surface area contributed by atoms with Crippen molar-refractivity contribution in [2.45, 2.75) is 13.1 Å². The van der Waals surface area contributed by atoms with Crippen molar-refractivity contribution < 1.29 is 22.7 Å². The van der Waals surface area contributed by atoms with E-state index in [1.54, 1.807) is 24.3 Å². The molecular formula is C24H26FN5O4S. The molecule has 5 rings (SSSR count). The second kappa shape index (κ2) is 8.74. The second-order valence-corrected chi connectivity index (χ2v) is 10.9. The van der Waals surface area contributed by atoms with E-state index in [2.05, 4.69) is 9.88 Å². The molecule has 3 heterocycles. The fraction of sp³-hybridized carbons (Fsp3) is 0.333. The number of benzene rings is 2. The Morgan fingerprint density at radius 1 is 1.11 bits per heavy atom. The molecule has 1 fully saturated rings. The minimum atomic E-state index is -3.90. The Labute approximate surface area is 203 Å². The lowest BCUT2D eigenvalue weighted by Gasteiger charge is -2.35. The summed E-state index contributed by atoms with van der Waals surface area (Å²) in [7, 11) is -0.486. The molecule has 11 heteroatoms. The van der Waals surface area contributed by atoms with Gasteiger partial charge in [-0.05, 0) is 36.9 Å². The molecule has 0 saturated carbocycles. The molecule has 1 amide bonds. The summed E-state index contributed by atoms with van der Waals surface area (Å²) >= 11 is 0. The highest BCUT2D eigenvalue weighted by Gasteiger charge is 2.39. The average molecular weight is 500 g/mol. The third-order valence-corrected chi connectivity index (χ3v) is 8.59. The van der Waals surface area contributed by atoms with Gasteiger partial charge in [0, 0.05) is 63.5 Å². The predicted molar refractivity (Wildman–Crippen MR) is 130 cm³/mol. The number of phenols is 1. The molecule has 1 N–H and O–H groups in total. The van der Waals surface area contributed by atoms with E-state index < -0.39 is 16.1 Å². The predicted octanol–water partition coefficient (Wildman–Crippen LogP) is 2.16. The summed E-state index contributed by atoms with van der Waals surface area (Å²) < 4.78 is 43.2. The van der Waals surface area contributed by atoms with Gasteiger partial charge >= 0.3 is 10.2 Å². The second-order valence-electron chi connectivity index (χ2n) is 8.92. The molecule has 0 spiro atoms. The smallest absolute Gasteiger partial charge is 0.303 e. The maximum absolute atomic E-state index is 13.6. The Kier molecular flexibility index (Phi) is 5.86. The van der Waals surface area contributed by atoms with Gasteiger partial charge in [0.15, 0.2) is 5.75 Å². The Morgan fingerprint density at radius 2 is 1.80 bits per heavy atom. The zero-order chi connectivity index (χ0) is 24.9. The summed E-state index contributed by atoms with van der Waals surface area (Å²) in [6.07, 6.45) is 1.49. The van der Waals surface area contributed by atoms with Crippen LogP contribution in [-0.2, 0) is 23.3 Å². The van der Waals surface area contributed by atoms with Crippen LogP contribution in [0.15, 0.2) is 42.6 Å². The first kappa shape index (κ1) is 23.5. The molecule has 184 valence electrons. The van der Waals surface area contributed by atoms with E-state index in [9.17, 15) is 22.7 Å². The minimum Gasteiger partial charge on any atom is -0.505 e. The number of piperazine rings is 1. The van der Waals surface area contributed by atoms with Crippen LogP contribution in [0.5, 0.6) is 5.75 Å². The summed E-state index contributed by atoms with van der Waals surface area (Å²) in [5.74, 6) is -1.07. The van der Waals surface area contributed by atoms with Crippen molar-refractivity contribution in [1.82, 2.24) is 19.1 Å². The summed E-state index contributed by atoms with van der Waals surface area (Å²) in [5, 5.41) is 11.4. The third kappa shape index (κ3) is 3.99. The SMILES string of the molecule is CN1CCN(S(=O)(=O)N(C)c2c3c(c(O)c4ncccc24)C(=O)N(Cc2ccc(F)cc2)C3)CC1. The van der Waals surface area contributed by atoms with Crippen LogP contribution >= 0.6 is 0 Å². The molecule has 1 saturated heterocycles. The number of aromatic nitrogens is 1. The fourth-order valence-electron chi connectivity index (χ4n) is 4.74. The van der Waals surface area contributed by atoms with Crippen molar-refractivity contribution in [1.29, 1.82) is 0 Å². The normalized spacial score (nSPS) is 17.2. The van der Waals surface area contributed by atoms with Gasteiger partial charge in [0.1, 0.15) is 11.3 Å². The van der Waals surface area contributed by atoms with Crippen LogP contribution in [0, 0.1) is 5.82 Å². The molecule has 0 unspecified atom stereocenters. The zero-order valence-electron chi connectivity index (χ0n) is 19.5. The lowest BCUT2D eigenvalue weighted by molar-refractivity contribution is 0.0764. The van der Waals surface area contributed by atoms with Crippen molar-refractivity contribution >= 4 is 32.7 Å². The summed E-state index contributed by atoms with van der Waals surface area (Å²) in [5.41, 5.74) is 1.69. The van der Waals surface area contributed by atoms with Crippen molar-refractivity contribution in [2.75, 3.05) is 44.6 Å². The average Bonchev–Trinajstić information content (AvgIpc) is 3.16. The number of phenolic OH excluding ortho intramolecular Hbond substituents is 1. The van der Waals surface area contributed by atoms with Gasteiger partial charge in [-0.15, -0.1) is 0 Å². The molecule has 9 nitrogen and oxygen atoms in total. The highest BCUT2D eigenvalue weighted by Crippen LogP contribution is 2.44. The topological polar surface area (TPSA) is 97.3 Å². The Balaban J connectivity index is 1.60. The highest BCUT2D eigenvalue weighted by atomic mass is 32.2. The van der Waals surface area contributed by atoms with E-state index in [1.165, 1.54) is 38.9 Å². The molecule has 0 aliphatic carbocycles. The van der Waals surface area contributed by atoms with Gasteiger partial charge in [0.05, 0.1) is 11.3 Å². The number of likely N-dealkylation sites (N-methyl/N-ethyl adjacent to an activating group) is 1. The first-order chi connectivity index (χ1) is 16.7. The number of carbonyl (C=O) groups is 1. The van der Waals surface area contributed by atoms with E-state index in [4.69, 9.17) is 0 Å². The number of halogens is 1. The van der Waals surface area contributed by atoms with Crippen LogP contribution in [0.2, 0.25) is 0 Å². The zero-order valence-corrected chi connectivity index (χ0v) is 20.3.